The first-order valence-corrected chi connectivity index (χ1v) is 11.0. The molecule has 1 aliphatic rings. The average Bonchev–Trinajstić information content (AvgIpc) is 2.92. The van der Waals surface area contributed by atoms with Crippen molar-refractivity contribution in [3.63, 3.8) is 0 Å². The molecule has 0 radical (unpaired) electrons. The van der Waals surface area contributed by atoms with E-state index in [1.54, 1.807) is 23.8 Å². The van der Waals surface area contributed by atoms with E-state index in [0.717, 1.165) is 27.5 Å². The lowest BCUT2D eigenvalue weighted by molar-refractivity contribution is 0.0945. The maximum absolute atomic E-state index is 13.5. The van der Waals surface area contributed by atoms with E-state index in [1.807, 2.05) is 72.8 Å². The van der Waals surface area contributed by atoms with Gasteiger partial charge in [0.25, 0.3) is 11.8 Å². The Morgan fingerprint density at radius 2 is 1.77 bits per heavy atom. The van der Waals surface area contributed by atoms with Gasteiger partial charge in [0.2, 0.25) is 0 Å². The van der Waals surface area contributed by atoms with Crippen molar-refractivity contribution in [2.75, 3.05) is 25.2 Å². The van der Waals surface area contributed by atoms with Crippen LogP contribution in [0, 0.1) is 0 Å². The summed E-state index contributed by atoms with van der Waals surface area (Å²) in [4.78, 5) is 29.8. The Hall–Kier alpha value is -3.09. The molecule has 1 aliphatic heterocycles. The lowest BCUT2D eigenvalue weighted by atomic mass is 10.1. The number of amides is 2. The van der Waals surface area contributed by atoms with Crippen molar-refractivity contribution >= 4 is 29.3 Å². The van der Waals surface area contributed by atoms with Crippen molar-refractivity contribution in [2.45, 2.75) is 22.8 Å². The number of rotatable bonds is 7. The molecule has 3 aromatic carbocycles. The summed E-state index contributed by atoms with van der Waals surface area (Å²) in [5.41, 5.74) is 2.99. The highest BCUT2D eigenvalue weighted by molar-refractivity contribution is 7.99. The fraction of sp³-hybridized carbons (Fsp3) is 0.200. The number of carbonyl (C=O) groups excluding carboxylic acids is 2. The molecule has 2 amide bonds. The fourth-order valence-electron chi connectivity index (χ4n) is 3.50. The standard InChI is InChI=1S/C25H24N2O3S/c1-30-15-7-14-26-24(28)19-12-13-23-21(16-19)27(17-18-8-3-2-4-9-18)25(29)20-10-5-6-11-22(20)31-23/h2-6,8-13,16H,7,14-15,17H2,1H3,(H,26,28). The number of carbonyl (C=O) groups is 2. The van der Waals surface area contributed by atoms with Crippen molar-refractivity contribution in [3.8, 4) is 0 Å². The Morgan fingerprint density at radius 3 is 2.58 bits per heavy atom. The van der Waals surface area contributed by atoms with Gasteiger partial charge < -0.3 is 15.0 Å². The summed E-state index contributed by atoms with van der Waals surface area (Å²) in [6.07, 6.45) is 0.747. The Kier molecular flexibility index (Phi) is 6.70. The zero-order chi connectivity index (χ0) is 21.6. The first-order valence-electron chi connectivity index (χ1n) is 10.2. The number of fused-ring (bicyclic) bond motifs is 2. The van der Waals surface area contributed by atoms with Crippen LogP contribution < -0.4 is 10.2 Å². The van der Waals surface area contributed by atoms with Crippen LogP contribution in [0.5, 0.6) is 0 Å². The molecule has 0 saturated heterocycles. The zero-order valence-corrected chi connectivity index (χ0v) is 18.2. The lowest BCUT2D eigenvalue weighted by Crippen LogP contribution is -2.31. The van der Waals surface area contributed by atoms with Gasteiger partial charge in [-0.1, -0.05) is 54.2 Å². The lowest BCUT2D eigenvalue weighted by Gasteiger charge is -2.24. The van der Waals surface area contributed by atoms with E-state index in [2.05, 4.69) is 5.32 Å². The molecule has 4 rings (SSSR count). The number of methoxy groups -OCH3 is 1. The van der Waals surface area contributed by atoms with E-state index in [1.165, 1.54) is 0 Å². The molecule has 0 atom stereocenters. The highest BCUT2D eigenvalue weighted by Gasteiger charge is 2.28. The second-order valence-electron chi connectivity index (χ2n) is 7.26. The molecule has 158 valence electrons. The molecule has 0 saturated carbocycles. The minimum absolute atomic E-state index is 0.0663. The van der Waals surface area contributed by atoms with Crippen LogP contribution in [0.25, 0.3) is 0 Å². The molecule has 1 N–H and O–H groups in total. The topological polar surface area (TPSA) is 58.6 Å². The minimum Gasteiger partial charge on any atom is -0.385 e. The van der Waals surface area contributed by atoms with Crippen molar-refractivity contribution < 1.29 is 14.3 Å². The summed E-state index contributed by atoms with van der Waals surface area (Å²) in [5, 5.41) is 2.92. The molecule has 0 spiro atoms. The van der Waals surface area contributed by atoms with E-state index in [4.69, 9.17) is 4.74 Å². The van der Waals surface area contributed by atoms with Crippen molar-refractivity contribution in [1.82, 2.24) is 5.32 Å². The van der Waals surface area contributed by atoms with Crippen LogP contribution in [0.15, 0.2) is 82.6 Å². The van der Waals surface area contributed by atoms with E-state index in [0.29, 0.717) is 30.8 Å². The number of nitrogens with zero attached hydrogens (tertiary/aromatic N) is 1. The first kappa shape index (κ1) is 21.2. The SMILES string of the molecule is COCCCNC(=O)c1ccc2c(c1)N(Cc1ccccc1)C(=O)c1ccccc1S2. The van der Waals surface area contributed by atoms with Gasteiger partial charge >= 0.3 is 0 Å². The molecular formula is C25H24N2O3S. The second kappa shape index (κ2) is 9.81. The fourth-order valence-corrected chi connectivity index (χ4v) is 4.56. The molecular weight excluding hydrogens is 408 g/mol. The van der Waals surface area contributed by atoms with Crippen molar-refractivity contribution in [3.05, 3.63) is 89.5 Å². The summed E-state index contributed by atoms with van der Waals surface area (Å²) in [6, 6.07) is 23.1. The van der Waals surface area contributed by atoms with E-state index in [-0.39, 0.29) is 11.8 Å². The number of nitrogens with one attached hydrogen (secondary N) is 1. The Balaban J connectivity index is 1.70. The first-order chi connectivity index (χ1) is 15.2. The maximum Gasteiger partial charge on any atom is 0.259 e. The van der Waals surface area contributed by atoms with Gasteiger partial charge in [-0.15, -0.1) is 0 Å². The summed E-state index contributed by atoms with van der Waals surface area (Å²) in [7, 11) is 1.64. The van der Waals surface area contributed by atoms with Crippen LogP contribution in [0.2, 0.25) is 0 Å². The summed E-state index contributed by atoms with van der Waals surface area (Å²) in [6.45, 7) is 1.57. The van der Waals surface area contributed by atoms with Gasteiger partial charge in [0.15, 0.2) is 0 Å². The minimum atomic E-state index is -0.155. The Bertz CT molecular complexity index is 1090. The largest absolute Gasteiger partial charge is 0.385 e. The molecule has 0 aromatic heterocycles. The number of benzene rings is 3. The molecule has 0 fully saturated rings. The number of ether oxygens (including phenoxy) is 1. The molecule has 0 aliphatic carbocycles. The van der Waals surface area contributed by atoms with Gasteiger partial charge in [-0.25, -0.2) is 0 Å². The van der Waals surface area contributed by atoms with E-state index >= 15 is 0 Å². The molecule has 3 aromatic rings. The third kappa shape index (κ3) is 4.81. The number of hydrogen-bond acceptors (Lipinski definition) is 4. The van der Waals surface area contributed by atoms with Crippen LogP contribution in [0.1, 0.15) is 32.7 Å². The van der Waals surface area contributed by atoms with Gasteiger partial charge in [-0.2, -0.15) is 0 Å². The van der Waals surface area contributed by atoms with Crippen molar-refractivity contribution in [1.29, 1.82) is 0 Å². The Labute approximate surface area is 186 Å². The maximum atomic E-state index is 13.5. The smallest absolute Gasteiger partial charge is 0.259 e. The van der Waals surface area contributed by atoms with Gasteiger partial charge in [0.05, 0.1) is 17.8 Å². The summed E-state index contributed by atoms with van der Waals surface area (Å²) < 4.78 is 5.03. The van der Waals surface area contributed by atoms with E-state index in [9.17, 15) is 9.59 Å². The van der Waals surface area contributed by atoms with Crippen LogP contribution in [0.4, 0.5) is 5.69 Å². The van der Waals surface area contributed by atoms with Crippen LogP contribution in [0.3, 0.4) is 0 Å². The molecule has 6 heteroatoms. The van der Waals surface area contributed by atoms with Crippen molar-refractivity contribution in [2.24, 2.45) is 0 Å². The molecule has 31 heavy (non-hydrogen) atoms. The molecule has 1 heterocycles. The Morgan fingerprint density at radius 1 is 1.00 bits per heavy atom. The summed E-state index contributed by atoms with van der Waals surface area (Å²) in [5.74, 6) is -0.221. The van der Waals surface area contributed by atoms with Crippen LogP contribution >= 0.6 is 11.8 Å². The quantitative estimate of drug-likeness (QED) is 0.547. The number of anilines is 1. The predicted octanol–water partition coefficient (Wildman–Crippen LogP) is 4.76. The normalized spacial score (nSPS) is 12.7. The van der Waals surface area contributed by atoms with E-state index < -0.39 is 0 Å². The monoisotopic (exact) mass is 432 g/mol. The number of hydrogen-bond donors (Lipinski definition) is 1. The predicted molar refractivity (Wildman–Crippen MR) is 123 cm³/mol. The molecule has 5 nitrogen and oxygen atoms in total. The average molecular weight is 433 g/mol. The molecule has 0 bridgehead atoms. The second-order valence-corrected chi connectivity index (χ2v) is 8.34. The third-order valence-electron chi connectivity index (χ3n) is 5.09. The molecule has 0 unspecified atom stereocenters. The van der Waals surface area contributed by atoms with Gasteiger partial charge in [0, 0.05) is 35.6 Å². The summed E-state index contributed by atoms with van der Waals surface area (Å²) >= 11 is 1.56. The highest BCUT2D eigenvalue weighted by atomic mass is 32.2. The van der Waals surface area contributed by atoms with Gasteiger partial charge in [0.1, 0.15) is 0 Å². The van der Waals surface area contributed by atoms with Gasteiger partial charge in [-0.3, -0.25) is 9.59 Å². The van der Waals surface area contributed by atoms with Crippen LogP contribution in [-0.4, -0.2) is 32.1 Å². The third-order valence-corrected chi connectivity index (χ3v) is 6.23. The van der Waals surface area contributed by atoms with Crippen LogP contribution in [-0.2, 0) is 11.3 Å². The zero-order valence-electron chi connectivity index (χ0n) is 17.3. The highest BCUT2D eigenvalue weighted by Crippen LogP contribution is 2.42. The van der Waals surface area contributed by atoms with Gasteiger partial charge in [-0.05, 0) is 42.3 Å².